The van der Waals surface area contributed by atoms with Crippen LogP contribution >= 0.6 is 11.3 Å². The summed E-state index contributed by atoms with van der Waals surface area (Å²) in [6.07, 6.45) is 10.8. The van der Waals surface area contributed by atoms with Gasteiger partial charge < -0.3 is 4.74 Å². The van der Waals surface area contributed by atoms with Crippen molar-refractivity contribution < 1.29 is 14.3 Å². The number of hydrogen-bond acceptors (Lipinski definition) is 4. The fraction of sp³-hybridized carbons (Fsp3) is 0.556. The van der Waals surface area contributed by atoms with Crippen LogP contribution in [0.4, 0.5) is 0 Å². The van der Waals surface area contributed by atoms with Gasteiger partial charge in [-0.3, -0.25) is 9.59 Å². The zero-order valence-corrected chi connectivity index (χ0v) is 14.4. The van der Waals surface area contributed by atoms with Gasteiger partial charge >= 0.3 is 5.97 Å². The maximum atomic E-state index is 11.7. The second-order valence-electron chi connectivity index (χ2n) is 5.34. The van der Waals surface area contributed by atoms with Gasteiger partial charge in [0, 0.05) is 22.6 Å². The lowest BCUT2D eigenvalue weighted by Crippen LogP contribution is -1.99. The van der Waals surface area contributed by atoms with Crippen molar-refractivity contribution in [1.29, 1.82) is 0 Å². The first-order valence-corrected chi connectivity index (χ1v) is 8.83. The van der Waals surface area contributed by atoms with Crippen molar-refractivity contribution in [1.82, 2.24) is 0 Å². The highest BCUT2D eigenvalue weighted by Crippen LogP contribution is 2.20. The number of ketones is 1. The highest BCUT2D eigenvalue weighted by molar-refractivity contribution is 7.12. The molecule has 0 saturated carbocycles. The molecule has 0 amide bonds. The van der Waals surface area contributed by atoms with Gasteiger partial charge in [0.15, 0.2) is 5.78 Å². The third-order valence-electron chi connectivity index (χ3n) is 3.42. The normalized spacial score (nSPS) is 11.0. The van der Waals surface area contributed by atoms with Crippen LogP contribution < -0.4 is 0 Å². The molecule has 0 unspecified atom stereocenters. The molecule has 1 aromatic rings. The minimum absolute atomic E-state index is 0.142. The number of allylic oxidation sites excluding steroid dienone is 1. The van der Waals surface area contributed by atoms with E-state index in [1.165, 1.54) is 12.0 Å². The van der Waals surface area contributed by atoms with Crippen molar-refractivity contribution in [3.63, 3.8) is 0 Å². The summed E-state index contributed by atoms with van der Waals surface area (Å²) >= 11 is 1.71. The monoisotopic (exact) mass is 322 g/mol. The molecule has 4 heteroatoms. The summed E-state index contributed by atoms with van der Waals surface area (Å²) < 4.78 is 4.62. The molecule has 0 N–H and O–H groups in total. The highest BCUT2D eigenvalue weighted by atomic mass is 32.1. The summed E-state index contributed by atoms with van der Waals surface area (Å²) in [7, 11) is 1.42. The standard InChI is InChI=1S/C18H26O3S/c1-3-4-5-8-15(19)11-12-17-14-13-16(22-17)9-6-7-10-18(20)21-2/h11-14H,3-10H2,1-2H3. The van der Waals surface area contributed by atoms with Crippen LogP contribution in [0, 0.1) is 0 Å². The van der Waals surface area contributed by atoms with Gasteiger partial charge in [-0.25, -0.2) is 0 Å². The first-order valence-electron chi connectivity index (χ1n) is 8.02. The molecule has 0 bridgehead atoms. The van der Waals surface area contributed by atoms with E-state index in [-0.39, 0.29) is 11.8 Å². The Morgan fingerprint density at radius 2 is 1.91 bits per heavy atom. The second-order valence-corrected chi connectivity index (χ2v) is 6.54. The van der Waals surface area contributed by atoms with Gasteiger partial charge in [-0.1, -0.05) is 19.8 Å². The van der Waals surface area contributed by atoms with Crippen molar-refractivity contribution >= 4 is 29.2 Å². The van der Waals surface area contributed by atoms with E-state index in [9.17, 15) is 9.59 Å². The van der Waals surface area contributed by atoms with Crippen molar-refractivity contribution in [2.45, 2.75) is 58.3 Å². The molecular formula is C18H26O3S. The lowest BCUT2D eigenvalue weighted by molar-refractivity contribution is -0.140. The lowest BCUT2D eigenvalue weighted by Gasteiger charge is -1.98. The van der Waals surface area contributed by atoms with Gasteiger partial charge in [-0.05, 0) is 50.0 Å². The summed E-state index contributed by atoms with van der Waals surface area (Å²) in [5.41, 5.74) is 0. The molecule has 0 aliphatic heterocycles. The fourth-order valence-electron chi connectivity index (χ4n) is 2.10. The number of carbonyl (C=O) groups excluding carboxylic acids is 2. The first-order chi connectivity index (χ1) is 10.7. The molecule has 122 valence electrons. The minimum Gasteiger partial charge on any atom is -0.469 e. The molecule has 22 heavy (non-hydrogen) atoms. The van der Waals surface area contributed by atoms with Gasteiger partial charge in [0.25, 0.3) is 0 Å². The van der Waals surface area contributed by atoms with Crippen molar-refractivity contribution in [2.24, 2.45) is 0 Å². The van der Waals surface area contributed by atoms with Crippen molar-refractivity contribution in [2.75, 3.05) is 7.11 Å². The molecule has 1 rings (SSSR count). The summed E-state index contributed by atoms with van der Waals surface area (Å²) in [6, 6.07) is 4.15. The van der Waals surface area contributed by atoms with Gasteiger partial charge in [0.05, 0.1) is 7.11 Å². The molecule has 0 saturated heterocycles. The van der Waals surface area contributed by atoms with Gasteiger partial charge in [0.2, 0.25) is 0 Å². The molecule has 3 nitrogen and oxygen atoms in total. The second kappa shape index (κ2) is 11.2. The van der Waals surface area contributed by atoms with E-state index in [4.69, 9.17) is 0 Å². The number of carbonyl (C=O) groups is 2. The number of methoxy groups -OCH3 is 1. The first kappa shape index (κ1) is 18.6. The van der Waals surface area contributed by atoms with Crippen molar-refractivity contribution in [3.05, 3.63) is 28.0 Å². The maximum absolute atomic E-state index is 11.7. The zero-order valence-electron chi connectivity index (χ0n) is 13.6. The highest BCUT2D eigenvalue weighted by Gasteiger charge is 2.02. The Hall–Kier alpha value is -1.42. The summed E-state index contributed by atoms with van der Waals surface area (Å²) in [6.45, 7) is 2.14. The summed E-state index contributed by atoms with van der Waals surface area (Å²) in [4.78, 5) is 25.1. The van der Waals surface area contributed by atoms with E-state index in [2.05, 4.69) is 23.8 Å². The number of rotatable bonds is 11. The average molecular weight is 322 g/mol. The topological polar surface area (TPSA) is 43.4 Å². The molecule has 0 aliphatic rings. The third kappa shape index (κ3) is 8.13. The van der Waals surface area contributed by atoms with Crippen molar-refractivity contribution in [3.8, 4) is 0 Å². The Kier molecular flexibility index (Phi) is 9.47. The van der Waals surface area contributed by atoms with E-state index in [1.807, 2.05) is 6.08 Å². The fourth-order valence-corrected chi connectivity index (χ4v) is 3.05. The molecule has 0 spiro atoms. The number of thiophene rings is 1. The lowest BCUT2D eigenvalue weighted by atomic mass is 10.1. The Morgan fingerprint density at radius 1 is 1.14 bits per heavy atom. The molecular weight excluding hydrogens is 296 g/mol. The van der Waals surface area contributed by atoms with Gasteiger partial charge in [-0.15, -0.1) is 11.3 Å². The molecule has 0 atom stereocenters. The SMILES string of the molecule is CCCCCC(=O)C=Cc1ccc(CCCCC(=O)OC)s1. The molecule has 1 heterocycles. The molecule has 0 aromatic carbocycles. The van der Waals surface area contributed by atoms with Crippen LogP contribution in [0.1, 0.15) is 61.6 Å². The van der Waals surface area contributed by atoms with E-state index in [0.29, 0.717) is 12.8 Å². The van der Waals surface area contributed by atoms with Crippen LogP contribution in [0.25, 0.3) is 6.08 Å². The quantitative estimate of drug-likeness (QED) is 0.334. The Morgan fingerprint density at radius 3 is 2.64 bits per heavy atom. The number of hydrogen-bond donors (Lipinski definition) is 0. The van der Waals surface area contributed by atoms with E-state index in [1.54, 1.807) is 17.4 Å². The van der Waals surface area contributed by atoms with Crippen LogP contribution in [-0.4, -0.2) is 18.9 Å². The number of ether oxygens (including phenoxy) is 1. The number of unbranched alkanes of at least 4 members (excludes halogenated alkanes) is 3. The van der Waals surface area contributed by atoms with Crippen LogP contribution in [0.2, 0.25) is 0 Å². The average Bonchev–Trinajstić information content (AvgIpc) is 2.97. The summed E-state index contributed by atoms with van der Waals surface area (Å²) in [5, 5.41) is 0. The maximum Gasteiger partial charge on any atom is 0.305 e. The smallest absolute Gasteiger partial charge is 0.305 e. The number of esters is 1. The molecule has 0 radical (unpaired) electrons. The summed E-state index contributed by atoms with van der Waals surface area (Å²) in [5.74, 6) is 0.0675. The predicted molar refractivity (Wildman–Crippen MR) is 92.1 cm³/mol. The third-order valence-corrected chi connectivity index (χ3v) is 4.53. The van der Waals surface area contributed by atoms with Gasteiger partial charge in [0.1, 0.15) is 0 Å². The van der Waals surface area contributed by atoms with E-state index in [0.717, 1.165) is 43.4 Å². The predicted octanol–water partition coefficient (Wildman–Crippen LogP) is 4.80. The minimum atomic E-state index is -0.142. The Bertz CT molecular complexity index is 488. The van der Waals surface area contributed by atoms with Crippen LogP contribution in [0.3, 0.4) is 0 Å². The van der Waals surface area contributed by atoms with E-state index >= 15 is 0 Å². The Labute approximate surface area is 137 Å². The van der Waals surface area contributed by atoms with E-state index < -0.39 is 0 Å². The molecule has 0 aliphatic carbocycles. The molecule has 1 aromatic heterocycles. The van der Waals surface area contributed by atoms with Crippen LogP contribution in [-0.2, 0) is 20.7 Å². The number of aryl methyl sites for hydroxylation is 1. The van der Waals surface area contributed by atoms with Crippen LogP contribution in [0.5, 0.6) is 0 Å². The zero-order chi connectivity index (χ0) is 16.2. The Balaban J connectivity index is 2.28. The molecule has 0 fully saturated rings. The largest absolute Gasteiger partial charge is 0.469 e. The van der Waals surface area contributed by atoms with Crippen LogP contribution in [0.15, 0.2) is 18.2 Å². The van der Waals surface area contributed by atoms with Gasteiger partial charge in [-0.2, -0.15) is 0 Å².